The van der Waals surface area contributed by atoms with Crippen LogP contribution < -0.4 is 19.3 Å². The van der Waals surface area contributed by atoms with Gasteiger partial charge in [-0.25, -0.2) is 0 Å². The lowest BCUT2D eigenvalue weighted by Gasteiger charge is -2.38. The van der Waals surface area contributed by atoms with Gasteiger partial charge in [0.1, 0.15) is 40.7 Å². The van der Waals surface area contributed by atoms with Crippen molar-refractivity contribution >= 4 is 137 Å². The third-order valence-corrected chi connectivity index (χ3v) is 13.7. The molecule has 0 saturated heterocycles. The Labute approximate surface area is 413 Å². The van der Waals surface area contributed by atoms with Crippen LogP contribution >= 0.6 is 98.1 Å². The predicted molar refractivity (Wildman–Crippen MR) is 269 cm³/mol. The van der Waals surface area contributed by atoms with E-state index in [9.17, 15) is 0 Å². The minimum Gasteiger partial charge on any atom is -0.491 e. The van der Waals surface area contributed by atoms with Crippen molar-refractivity contribution in [1.82, 2.24) is 8.75 Å². The van der Waals surface area contributed by atoms with Crippen LogP contribution in [0.15, 0.2) is 92.6 Å². The first-order valence-corrected chi connectivity index (χ1v) is 26.4. The van der Waals surface area contributed by atoms with Gasteiger partial charge in [-0.2, -0.15) is 8.75 Å². The van der Waals surface area contributed by atoms with Gasteiger partial charge >= 0.3 is 0 Å². The van der Waals surface area contributed by atoms with Gasteiger partial charge < -0.3 is 47.7 Å². The first-order chi connectivity index (χ1) is 31.0. The third kappa shape index (κ3) is 13.8. The summed E-state index contributed by atoms with van der Waals surface area (Å²) in [5.41, 5.74) is 7.50. The quantitative estimate of drug-likeness (QED) is 0.0345. The number of halogens is 4. The number of alkyl halides is 2. The van der Waals surface area contributed by atoms with Crippen molar-refractivity contribution in [3.63, 3.8) is 0 Å². The minimum atomic E-state index is 0.411. The monoisotopic (exact) mass is 1170 g/mol. The van der Waals surface area contributed by atoms with Crippen molar-refractivity contribution in [3.8, 4) is 21.9 Å². The molecule has 0 aliphatic carbocycles. The third-order valence-electron chi connectivity index (χ3n) is 9.27. The van der Waals surface area contributed by atoms with Crippen molar-refractivity contribution in [2.75, 3.05) is 113 Å². The molecule has 0 fully saturated rings. The summed E-state index contributed by atoms with van der Waals surface area (Å²) in [5, 5.41) is 2.67. The number of thiophene rings is 2. The molecule has 0 spiro atoms. The molecule has 0 N–H and O–H groups in total. The lowest BCUT2D eigenvalue weighted by Crippen LogP contribution is -2.26. The zero-order valence-corrected chi connectivity index (χ0v) is 43.0. The fraction of sp³-hybridized carbons (Fsp3) is 0.364. The summed E-state index contributed by atoms with van der Waals surface area (Å²) in [6, 6.07) is 27.0. The molecule has 0 amide bonds. The predicted octanol–water partition coefficient (Wildman–Crippen LogP) is 11.9. The molecule has 6 aromatic rings. The van der Waals surface area contributed by atoms with E-state index in [1.54, 1.807) is 22.7 Å². The van der Waals surface area contributed by atoms with E-state index in [0.29, 0.717) is 92.5 Å². The van der Waals surface area contributed by atoms with Crippen LogP contribution in [0.5, 0.6) is 11.5 Å². The Morgan fingerprint density at radius 1 is 0.524 bits per heavy atom. The molecule has 0 saturated carbocycles. The molecule has 3 aromatic heterocycles. The molecule has 0 atom stereocenters. The van der Waals surface area contributed by atoms with Gasteiger partial charge in [0.05, 0.1) is 116 Å². The highest BCUT2D eigenvalue weighted by Gasteiger charge is 2.33. The van der Waals surface area contributed by atoms with E-state index in [0.717, 1.165) is 84.5 Å². The number of aromatic nitrogens is 2. The summed E-state index contributed by atoms with van der Waals surface area (Å²) >= 11 is 18.6. The highest BCUT2D eigenvalue weighted by Crippen LogP contribution is 2.53. The standard InChI is InChI=1S/C44H46Br4N4O8S3/c45-13-15-53-17-19-55-21-23-57-25-27-59-33-5-1-31(2-6-33)37-30-51(41-12-11-40(48)62-41)44-36(29-35(38-9-10-39(47)61-38)42-43(44)50-63-49-42)52(37)32-3-7-34(8-4-32)60-28-26-58-24-22-56-20-18-54-16-14-46/h1-12,29-30H,13-28H2. The smallest absolute Gasteiger partial charge is 0.131 e. The molecule has 0 radical (unpaired) electrons. The van der Waals surface area contributed by atoms with E-state index in [-0.39, 0.29) is 0 Å². The zero-order chi connectivity index (χ0) is 43.6. The van der Waals surface area contributed by atoms with Gasteiger partial charge in [0, 0.05) is 38.6 Å². The highest BCUT2D eigenvalue weighted by molar-refractivity contribution is 9.11. The Balaban J connectivity index is 1.11. The Kier molecular flexibility index (Phi) is 20.0. The number of rotatable bonds is 28. The van der Waals surface area contributed by atoms with Gasteiger partial charge in [-0.15, -0.1) is 22.7 Å². The molecule has 12 nitrogen and oxygen atoms in total. The average Bonchev–Trinajstić information content (AvgIpc) is 4.09. The van der Waals surface area contributed by atoms with Crippen molar-refractivity contribution in [3.05, 3.63) is 98.2 Å². The number of anilines is 4. The van der Waals surface area contributed by atoms with Gasteiger partial charge in [0.2, 0.25) is 0 Å². The number of hydrogen-bond donors (Lipinski definition) is 0. The van der Waals surface area contributed by atoms with Crippen molar-refractivity contribution in [2.45, 2.75) is 0 Å². The molecule has 63 heavy (non-hydrogen) atoms. The number of hydrogen-bond acceptors (Lipinski definition) is 15. The van der Waals surface area contributed by atoms with Crippen LogP contribution in [0.1, 0.15) is 5.56 Å². The van der Waals surface area contributed by atoms with Crippen molar-refractivity contribution in [2.24, 2.45) is 0 Å². The lowest BCUT2D eigenvalue weighted by atomic mass is 10.0. The maximum absolute atomic E-state index is 6.11. The number of ether oxygens (including phenoxy) is 8. The molecule has 7 rings (SSSR count). The van der Waals surface area contributed by atoms with Gasteiger partial charge in [-0.1, -0.05) is 31.9 Å². The molecular weight excluding hydrogens is 1130 g/mol. The largest absolute Gasteiger partial charge is 0.491 e. The van der Waals surface area contributed by atoms with E-state index in [1.807, 2.05) is 24.3 Å². The Morgan fingerprint density at radius 3 is 1.56 bits per heavy atom. The van der Waals surface area contributed by atoms with E-state index in [4.69, 9.17) is 46.6 Å². The van der Waals surface area contributed by atoms with Crippen molar-refractivity contribution < 1.29 is 37.9 Å². The van der Waals surface area contributed by atoms with Gasteiger partial charge in [0.25, 0.3) is 0 Å². The second-order valence-electron chi connectivity index (χ2n) is 13.4. The number of nitrogens with zero attached hydrogens (tertiary/aromatic N) is 4. The normalized spacial score (nSPS) is 12.6. The lowest BCUT2D eigenvalue weighted by molar-refractivity contribution is 0.0119. The maximum Gasteiger partial charge on any atom is 0.131 e. The van der Waals surface area contributed by atoms with Crippen LogP contribution in [-0.2, 0) is 28.4 Å². The fourth-order valence-corrected chi connectivity index (χ4v) is 10.2. The molecule has 1 aliphatic heterocycles. The van der Waals surface area contributed by atoms with Gasteiger partial charge in [0.15, 0.2) is 0 Å². The highest BCUT2D eigenvalue weighted by atomic mass is 79.9. The zero-order valence-electron chi connectivity index (χ0n) is 34.2. The molecular formula is C44H46Br4N4O8S3. The Morgan fingerprint density at radius 2 is 1.03 bits per heavy atom. The van der Waals surface area contributed by atoms with Crippen LogP contribution in [0.3, 0.4) is 0 Å². The van der Waals surface area contributed by atoms with Gasteiger partial charge in [-0.3, -0.25) is 0 Å². The average molecular weight is 1170 g/mol. The summed E-state index contributed by atoms with van der Waals surface area (Å²) in [7, 11) is 0. The number of fused-ring (bicyclic) bond motifs is 3. The SMILES string of the molecule is BrCCOCCOCCOCCOc1ccc(C2=CN(c3ccc(Br)s3)c3c(cc(-c4ccc(Br)s4)c4nsnc34)N2c2ccc(OCCOCCOCCOCCBr)cc2)cc1. The second-order valence-corrected chi connectivity index (χ2v) is 20.4. The summed E-state index contributed by atoms with van der Waals surface area (Å²) < 4.78 is 57.5. The molecule has 0 bridgehead atoms. The number of benzene rings is 3. The molecule has 3 aromatic carbocycles. The van der Waals surface area contributed by atoms with Crippen LogP contribution in [0.4, 0.5) is 22.1 Å². The van der Waals surface area contributed by atoms with E-state index in [1.165, 1.54) is 11.7 Å². The first-order valence-electron chi connectivity index (χ1n) is 20.2. The first kappa shape index (κ1) is 48.4. The topological polar surface area (TPSA) is 106 Å². The molecule has 0 unspecified atom stereocenters. The summed E-state index contributed by atoms with van der Waals surface area (Å²) in [5.74, 6) is 1.49. The van der Waals surface area contributed by atoms with Crippen LogP contribution in [-0.4, -0.2) is 112 Å². The van der Waals surface area contributed by atoms with Crippen molar-refractivity contribution in [1.29, 1.82) is 0 Å². The fourth-order valence-electron chi connectivity index (χ4n) is 6.48. The summed E-state index contributed by atoms with van der Waals surface area (Å²) in [4.78, 5) is 5.61. The van der Waals surface area contributed by atoms with Crippen LogP contribution in [0.2, 0.25) is 0 Å². The Bertz CT molecular complexity index is 2330. The van der Waals surface area contributed by atoms with Crippen LogP contribution in [0, 0.1) is 0 Å². The van der Waals surface area contributed by atoms with Crippen LogP contribution in [0.25, 0.3) is 27.2 Å². The van der Waals surface area contributed by atoms with E-state index < -0.39 is 0 Å². The molecule has 336 valence electrons. The van der Waals surface area contributed by atoms with E-state index in [2.05, 4.69) is 134 Å². The molecule has 4 heterocycles. The summed E-state index contributed by atoms with van der Waals surface area (Å²) in [6.07, 6.45) is 2.18. The maximum atomic E-state index is 6.11. The van der Waals surface area contributed by atoms with Gasteiger partial charge in [-0.05, 0) is 111 Å². The summed E-state index contributed by atoms with van der Waals surface area (Å²) in [6.45, 7) is 7.29. The second kappa shape index (κ2) is 26.0. The minimum absolute atomic E-state index is 0.411. The van der Waals surface area contributed by atoms with E-state index >= 15 is 0 Å². The molecule has 19 heteroatoms. The Hall–Kier alpha value is -2.50. The molecule has 1 aliphatic rings.